The van der Waals surface area contributed by atoms with Gasteiger partial charge < -0.3 is 4.74 Å². The maximum atomic E-state index is 13.3. The van der Waals surface area contributed by atoms with Crippen LogP contribution in [-0.4, -0.2) is 44.0 Å². The fourth-order valence-electron chi connectivity index (χ4n) is 6.25. The number of ketones is 2. The van der Waals surface area contributed by atoms with E-state index in [1.54, 1.807) is 42.1 Å². The molecule has 0 unspecified atom stereocenters. The zero-order valence-corrected chi connectivity index (χ0v) is 25.2. The normalized spacial score (nSPS) is 15.8. The fraction of sp³-hybridized carbons (Fsp3) is 0.162. The third-order valence-corrected chi connectivity index (χ3v) is 9.55. The summed E-state index contributed by atoms with van der Waals surface area (Å²) in [6.07, 6.45) is 2.09. The molecule has 1 aliphatic carbocycles. The first-order chi connectivity index (χ1) is 22.1. The highest BCUT2D eigenvalue weighted by atomic mass is 32.2. The van der Waals surface area contributed by atoms with Crippen molar-refractivity contribution < 1.29 is 14.3 Å². The molecule has 45 heavy (non-hydrogen) atoms. The smallest absolute Gasteiger partial charge is 0.194 e. The Kier molecular flexibility index (Phi) is 7.08. The number of fused-ring (bicyclic) bond motifs is 3. The van der Waals surface area contributed by atoms with Gasteiger partial charge in [0.2, 0.25) is 0 Å². The number of carbonyl (C=O) groups is 2. The highest BCUT2D eigenvalue weighted by Crippen LogP contribution is 2.35. The molecule has 0 spiro atoms. The lowest BCUT2D eigenvalue weighted by molar-refractivity contribution is 0.0953. The molecule has 8 heteroatoms. The molecular formula is C37H28N4O3S. The molecule has 4 aromatic carbocycles. The van der Waals surface area contributed by atoms with Crippen LogP contribution < -0.4 is 0 Å². The van der Waals surface area contributed by atoms with Crippen molar-refractivity contribution in [1.82, 2.24) is 19.7 Å². The van der Waals surface area contributed by atoms with Gasteiger partial charge in [-0.1, -0.05) is 90.6 Å². The van der Waals surface area contributed by atoms with Crippen LogP contribution in [0.3, 0.4) is 0 Å². The summed E-state index contributed by atoms with van der Waals surface area (Å²) in [6.45, 7) is 1.39. The minimum Gasteiger partial charge on any atom is -0.376 e. The Balaban J connectivity index is 1.16. The van der Waals surface area contributed by atoms with E-state index in [1.165, 1.54) is 0 Å². The number of para-hydroxylation sites is 1. The lowest BCUT2D eigenvalue weighted by Crippen LogP contribution is -2.20. The molecule has 0 amide bonds. The van der Waals surface area contributed by atoms with Crippen molar-refractivity contribution in [2.24, 2.45) is 0 Å². The number of thioether (sulfide) groups is 1. The van der Waals surface area contributed by atoms with Gasteiger partial charge in [-0.2, -0.15) is 0 Å². The second kappa shape index (κ2) is 11.5. The van der Waals surface area contributed by atoms with Gasteiger partial charge in [0.25, 0.3) is 0 Å². The van der Waals surface area contributed by atoms with Gasteiger partial charge in [0.15, 0.2) is 22.5 Å². The SMILES string of the molecule is O=C1c2ccccc2C(=O)c2cc(CSc3nnc(-c4cc(-c5ccccc5)nc5ccccc45)n3C[C@H]3CCCO3)ccc21. The Morgan fingerprint density at radius 2 is 1.49 bits per heavy atom. The van der Waals surface area contributed by atoms with Crippen LogP contribution in [0, 0.1) is 0 Å². The van der Waals surface area contributed by atoms with Crippen molar-refractivity contribution in [3.8, 4) is 22.6 Å². The van der Waals surface area contributed by atoms with Crippen LogP contribution in [0.15, 0.2) is 108 Å². The van der Waals surface area contributed by atoms with Gasteiger partial charge in [-0.3, -0.25) is 14.2 Å². The number of benzene rings is 4. The van der Waals surface area contributed by atoms with E-state index < -0.39 is 0 Å². The van der Waals surface area contributed by atoms with Crippen molar-refractivity contribution in [2.75, 3.05) is 6.61 Å². The molecule has 8 rings (SSSR count). The van der Waals surface area contributed by atoms with Crippen LogP contribution in [0.5, 0.6) is 0 Å². The number of aromatic nitrogens is 4. The van der Waals surface area contributed by atoms with Crippen LogP contribution in [0.1, 0.15) is 50.2 Å². The first kappa shape index (κ1) is 27.6. The minimum atomic E-state index is -0.116. The van der Waals surface area contributed by atoms with E-state index >= 15 is 0 Å². The van der Waals surface area contributed by atoms with Crippen LogP contribution >= 0.6 is 11.8 Å². The third-order valence-electron chi connectivity index (χ3n) is 8.51. The molecule has 0 N–H and O–H groups in total. The second-order valence-corrected chi connectivity index (χ2v) is 12.3. The Morgan fingerprint density at radius 3 is 2.29 bits per heavy atom. The van der Waals surface area contributed by atoms with Crippen LogP contribution in [0.4, 0.5) is 0 Å². The van der Waals surface area contributed by atoms with E-state index in [4.69, 9.17) is 14.8 Å². The van der Waals surface area contributed by atoms with Gasteiger partial charge in [0, 0.05) is 51.1 Å². The topological polar surface area (TPSA) is 87.0 Å². The molecule has 1 atom stereocenters. The highest BCUT2D eigenvalue weighted by molar-refractivity contribution is 7.98. The minimum absolute atomic E-state index is 0.0771. The largest absolute Gasteiger partial charge is 0.376 e. The summed E-state index contributed by atoms with van der Waals surface area (Å²) in [4.78, 5) is 31.4. The van der Waals surface area contributed by atoms with Gasteiger partial charge >= 0.3 is 0 Å². The van der Waals surface area contributed by atoms with Crippen LogP contribution in [0.2, 0.25) is 0 Å². The molecule has 0 saturated carbocycles. The van der Waals surface area contributed by atoms with Crippen molar-refractivity contribution >= 4 is 34.2 Å². The monoisotopic (exact) mass is 608 g/mol. The molecule has 6 aromatic rings. The Morgan fingerprint density at radius 1 is 0.756 bits per heavy atom. The number of carbonyl (C=O) groups excluding carboxylic acids is 2. The van der Waals surface area contributed by atoms with E-state index in [0.717, 1.165) is 63.7 Å². The Bertz CT molecular complexity index is 2100. The first-order valence-electron chi connectivity index (χ1n) is 15.1. The van der Waals surface area contributed by atoms with Crippen molar-refractivity contribution in [3.63, 3.8) is 0 Å². The van der Waals surface area contributed by atoms with Crippen molar-refractivity contribution in [1.29, 1.82) is 0 Å². The average molecular weight is 609 g/mol. The third kappa shape index (κ3) is 5.06. The summed E-state index contributed by atoms with van der Waals surface area (Å²) < 4.78 is 8.23. The molecule has 2 aliphatic rings. The lowest BCUT2D eigenvalue weighted by Gasteiger charge is -2.18. The summed E-state index contributed by atoms with van der Waals surface area (Å²) in [5, 5.41) is 11.2. The first-order valence-corrected chi connectivity index (χ1v) is 16.1. The summed E-state index contributed by atoms with van der Waals surface area (Å²) in [7, 11) is 0. The maximum absolute atomic E-state index is 13.3. The molecule has 1 aliphatic heterocycles. The Labute approximate surface area is 264 Å². The van der Waals surface area contributed by atoms with Crippen molar-refractivity contribution in [3.05, 3.63) is 131 Å². The maximum Gasteiger partial charge on any atom is 0.194 e. The second-order valence-electron chi connectivity index (χ2n) is 11.4. The molecule has 7 nitrogen and oxygen atoms in total. The highest BCUT2D eigenvalue weighted by Gasteiger charge is 2.29. The number of rotatable bonds is 7. The summed E-state index contributed by atoms with van der Waals surface area (Å²) in [6, 6.07) is 33.0. The molecule has 220 valence electrons. The van der Waals surface area contributed by atoms with Gasteiger partial charge in [-0.25, -0.2) is 4.98 Å². The molecule has 2 aromatic heterocycles. The van der Waals surface area contributed by atoms with E-state index in [-0.39, 0.29) is 17.7 Å². The summed E-state index contributed by atoms with van der Waals surface area (Å²) in [5.74, 6) is 1.10. The average Bonchev–Trinajstić information content (AvgIpc) is 3.76. The van der Waals surface area contributed by atoms with E-state index in [1.807, 2.05) is 48.5 Å². The Hall–Kier alpha value is -4.92. The standard InChI is InChI=1S/C37H28N4O3S/c42-34-27-13-4-5-14-28(27)35(43)30-19-23(16-17-29(30)34)22-45-37-40-39-36(41(37)21-25-11-8-18-44-25)31-20-33(24-9-2-1-3-10-24)38-32-15-7-6-12-26(31)32/h1-7,9-10,12-17,19-20,25H,8,11,18,21-22H2/t25-/m1/s1. The van der Waals surface area contributed by atoms with Gasteiger partial charge in [-0.15, -0.1) is 10.2 Å². The number of pyridine rings is 1. The van der Waals surface area contributed by atoms with Crippen LogP contribution in [0.25, 0.3) is 33.5 Å². The molecule has 3 heterocycles. The molecular weight excluding hydrogens is 580 g/mol. The van der Waals surface area contributed by atoms with E-state index in [9.17, 15) is 9.59 Å². The predicted octanol–water partition coefficient (Wildman–Crippen LogP) is 7.41. The lowest BCUT2D eigenvalue weighted by atomic mass is 9.83. The van der Waals surface area contributed by atoms with E-state index in [2.05, 4.69) is 33.9 Å². The van der Waals surface area contributed by atoms with Gasteiger partial charge in [0.1, 0.15) is 0 Å². The van der Waals surface area contributed by atoms with Crippen LogP contribution in [-0.2, 0) is 17.0 Å². The molecule has 0 radical (unpaired) electrons. The molecule has 1 fully saturated rings. The number of hydrogen-bond acceptors (Lipinski definition) is 7. The number of ether oxygens (including phenoxy) is 1. The summed E-state index contributed by atoms with van der Waals surface area (Å²) in [5.41, 5.74) is 6.54. The van der Waals surface area contributed by atoms with Gasteiger partial charge in [0.05, 0.1) is 23.9 Å². The zero-order chi connectivity index (χ0) is 30.3. The summed E-state index contributed by atoms with van der Waals surface area (Å²) >= 11 is 1.57. The van der Waals surface area contributed by atoms with Crippen molar-refractivity contribution in [2.45, 2.75) is 36.4 Å². The molecule has 1 saturated heterocycles. The number of nitrogens with zero attached hydrogens (tertiary/aromatic N) is 4. The van der Waals surface area contributed by atoms with Gasteiger partial charge in [-0.05, 0) is 42.7 Å². The quantitative estimate of drug-likeness (QED) is 0.174. The fourth-order valence-corrected chi connectivity index (χ4v) is 7.14. The number of hydrogen-bond donors (Lipinski definition) is 0. The predicted molar refractivity (Wildman–Crippen MR) is 174 cm³/mol. The zero-order valence-electron chi connectivity index (χ0n) is 24.3. The molecule has 0 bridgehead atoms. The van der Waals surface area contributed by atoms with E-state index in [0.29, 0.717) is 34.6 Å².